The van der Waals surface area contributed by atoms with Crippen molar-refractivity contribution in [3.05, 3.63) is 26.5 Å². The second-order valence-electron chi connectivity index (χ2n) is 2.17. The van der Waals surface area contributed by atoms with Gasteiger partial charge in [0.25, 0.3) is 0 Å². The van der Waals surface area contributed by atoms with E-state index < -0.39 is 0 Å². The quantitative estimate of drug-likeness (QED) is 0.669. The summed E-state index contributed by atoms with van der Waals surface area (Å²) in [5.74, 6) is 0. The molecule has 0 unspecified atom stereocenters. The van der Waals surface area contributed by atoms with Gasteiger partial charge in [-0.25, -0.2) is 0 Å². The lowest BCUT2D eigenvalue weighted by molar-refractivity contribution is 0.444. The molecular weight excluding hydrogens is 263 g/mol. The Balaban J connectivity index is 2.92. The zero-order valence-corrected chi connectivity index (χ0v) is 8.79. The fourth-order valence-corrected chi connectivity index (χ4v) is 1.53. The molecule has 2 nitrogen and oxygen atoms in total. The standard InChI is InChI=1S/C7H2BrClO2S/c8-3-1-5-6(2-4(3)9)11-7(12)10-5/h1-2H. The maximum atomic E-state index is 5.81. The first-order valence-electron chi connectivity index (χ1n) is 3.05. The van der Waals surface area contributed by atoms with Gasteiger partial charge in [-0.1, -0.05) is 11.6 Å². The topological polar surface area (TPSA) is 26.3 Å². The van der Waals surface area contributed by atoms with Gasteiger partial charge in [0.1, 0.15) is 0 Å². The third-order valence-electron chi connectivity index (χ3n) is 1.37. The molecule has 0 aliphatic heterocycles. The molecule has 0 N–H and O–H groups in total. The SMILES string of the molecule is S=c1oc2cc(Cl)c(Br)cc2o1. The maximum Gasteiger partial charge on any atom is 0.363 e. The molecule has 0 saturated carbocycles. The van der Waals surface area contributed by atoms with Crippen LogP contribution in [0.15, 0.2) is 25.4 Å². The number of benzene rings is 1. The number of hydrogen-bond acceptors (Lipinski definition) is 3. The predicted molar refractivity (Wildman–Crippen MR) is 52.0 cm³/mol. The Hall–Kier alpha value is -0.320. The van der Waals surface area contributed by atoms with Crippen molar-refractivity contribution in [2.75, 3.05) is 0 Å². The Morgan fingerprint density at radius 3 is 2.50 bits per heavy atom. The molecule has 1 aromatic carbocycles. The molecule has 5 heteroatoms. The fourth-order valence-electron chi connectivity index (χ4n) is 0.870. The molecule has 2 rings (SSSR count). The zero-order chi connectivity index (χ0) is 8.72. The minimum atomic E-state index is 0.110. The molecule has 1 aromatic heterocycles. The summed E-state index contributed by atoms with van der Waals surface area (Å²) in [7, 11) is 0. The summed E-state index contributed by atoms with van der Waals surface area (Å²) in [5, 5.41) is 0.571. The molecule has 2 aromatic rings. The average molecular weight is 266 g/mol. The minimum absolute atomic E-state index is 0.110. The number of rotatable bonds is 0. The molecule has 0 amide bonds. The molecule has 0 spiro atoms. The number of hydrogen-bond donors (Lipinski definition) is 0. The van der Waals surface area contributed by atoms with Crippen LogP contribution in [0.1, 0.15) is 0 Å². The summed E-state index contributed by atoms with van der Waals surface area (Å²) in [6.45, 7) is 0. The van der Waals surface area contributed by atoms with E-state index in [9.17, 15) is 0 Å². The number of halogens is 2. The summed E-state index contributed by atoms with van der Waals surface area (Å²) in [4.78, 5) is 0.110. The highest BCUT2D eigenvalue weighted by Crippen LogP contribution is 2.28. The van der Waals surface area contributed by atoms with Crippen LogP contribution in [0.25, 0.3) is 11.2 Å². The first-order chi connectivity index (χ1) is 5.66. The van der Waals surface area contributed by atoms with Crippen LogP contribution >= 0.6 is 39.7 Å². The van der Waals surface area contributed by atoms with Crippen molar-refractivity contribution >= 4 is 50.9 Å². The molecule has 0 atom stereocenters. The van der Waals surface area contributed by atoms with Crippen molar-refractivity contribution in [2.24, 2.45) is 0 Å². The summed E-state index contributed by atoms with van der Waals surface area (Å²) >= 11 is 13.8. The molecule has 12 heavy (non-hydrogen) atoms. The molecule has 0 bridgehead atoms. The van der Waals surface area contributed by atoms with Crippen LogP contribution in [0.4, 0.5) is 0 Å². The van der Waals surface area contributed by atoms with Gasteiger partial charge in [0.15, 0.2) is 11.2 Å². The second kappa shape index (κ2) is 2.87. The lowest BCUT2D eigenvalue weighted by Crippen LogP contribution is -1.68. The van der Waals surface area contributed by atoms with Crippen LogP contribution in [-0.4, -0.2) is 0 Å². The van der Waals surface area contributed by atoms with Crippen LogP contribution in [0.2, 0.25) is 5.02 Å². The summed E-state index contributed by atoms with van der Waals surface area (Å²) < 4.78 is 10.9. The van der Waals surface area contributed by atoms with Gasteiger partial charge in [0, 0.05) is 28.8 Å². The Bertz CT molecular complexity index is 446. The Kier molecular flexibility index (Phi) is 1.98. The van der Waals surface area contributed by atoms with Crippen molar-refractivity contribution in [2.45, 2.75) is 0 Å². The highest BCUT2D eigenvalue weighted by atomic mass is 79.9. The van der Waals surface area contributed by atoms with Crippen molar-refractivity contribution < 1.29 is 8.83 Å². The smallest absolute Gasteiger partial charge is 0.363 e. The van der Waals surface area contributed by atoms with Gasteiger partial charge in [-0.2, -0.15) is 0 Å². The van der Waals surface area contributed by atoms with Crippen molar-refractivity contribution in [3.8, 4) is 0 Å². The van der Waals surface area contributed by atoms with Gasteiger partial charge < -0.3 is 8.83 Å². The van der Waals surface area contributed by atoms with Crippen LogP contribution in [0, 0.1) is 4.90 Å². The van der Waals surface area contributed by atoms with Gasteiger partial charge in [-0.3, -0.25) is 0 Å². The summed E-state index contributed by atoms with van der Waals surface area (Å²) in [6.07, 6.45) is 0. The van der Waals surface area contributed by atoms with Crippen LogP contribution in [-0.2, 0) is 0 Å². The van der Waals surface area contributed by atoms with Gasteiger partial charge in [0.05, 0.1) is 5.02 Å². The first-order valence-corrected chi connectivity index (χ1v) is 4.63. The highest BCUT2D eigenvalue weighted by Gasteiger charge is 2.05. The van der Waals surface area contributed by atoms with Crippen LogP contribution < -0.4 is 0 Å². The largest absolute Gasteiger partial charge is 0.413 e. The van der Waals surface area contributed by atoms with Gasteiger partial charge in [0.2, 0.25) is 0 Å². The van der Waals surface area contributed by atoms with Crippen LogP contribution in [0.3, 0.4) is 0 Å². The Labute approximate surface area is 86.2 Å². The first kappa shape index (κ1) is 8.29. The normalized spacial score (nSPS) is 10.8. The van der Waals surface area contributed by atoms with Gasteiger partial charge in [-0.05, 0) is 15.9 Å². The summed E-state index contributed by atoms with van der Waals surface area (Å²) in [6, 6.07) is 3.37. The van der Waals surface area contributed by atoms with Gasteiger partial charge in [-0.15, -0.1) is 0 Å². The van der Waals surface area contributed by atoms with E-state index in [2.05, 4.69) is 15.9 Å². The van der Waals surface area contributed by atoms with E-state index in [1.165, 1.54) is 0 Å². The molecular formula is C7H2BrClO2S. The number of fused-ring (bicyclic) bond motifs is 1. The molecule has 0 aliphatic rings. The van der Waals surface area contributed by atoms with Gasteiger partial charge >= 0.3 is 4.90 Å². The fraction of sp³-hybridized carbons (Fsp3) is 0. The van der Waals surface area contributed by atoms with E-state index in [0.717, 1.165) is 4.47 Å². The summed E-state index contributed by atoms with van der Waals surface area (Å²) in [5.41, 5.74) is 1.16. The van der Waals surface area contributed by atoms with Crippen LogP contribution in [0.5, 0.6) is 0 Å². The highest BCUT2D eigenvalue weighted by molar-refractivity contribution is 9.10. The van der Waals surface area contributed by atoms with Crippen molar-refractivity contribution in [1.82, 2.24) is 0 Å². The van der Waals surface area contributed by atoms with E-state index in [0.29, 0.717) is 16.2 Å². The van der Waals surface area contributed by atoms with Crippen molar-refractivity contribution in [1.29, 1.82) is 0 Å². The van der Waals surface area contributed by atoms with E-state index in [-0.39, 0.29) is 4.90 Å². The third kappa shape index (κ3) is 1.30. The van der Waals surface area contributed by atoms with E-state index >= 15 is 0 Å². The molecule has 0 saturated heterocycles. The Morgan fingerprint density at radius 2 is 1.83 bits per heavy atom. The molecule has 62 valence electrons. The molecule has 1 heterocycles. The zero-order valence-electron chi connectivity index (χ0n) is 5.64. The van der Waals surface area contributed by atoms with E-state index in [1.54, 1.807) is 12.1 Å². The molecule has 0 radical (unpaired) electrons. The van der Waals surface area contributed by atoms with E-state index in [1.807, 2.05) is 0 Å². The molecule has 0 aliphatic carbocycles. The molecule has 0 fully saturated rings. The monoisotopic (exact) mass is 264 g/mol. The lowest BCUT2D eigenvalue weighted by Gasteiger charge is -1.91. The van der Waals surface area contributed by atoms with E-state index in [4.69, 9.17) is 32.7 Å². The van der Waals surface area contributed by atoms with Crippen molar-refractivity contribution in [3.63, 3.8) is 0 Å². The predicted octanol–water partition coefficient (Wildman–Crippen LogP) is 4.17. The maximum absolute atomic E-state index is 5.81. The average Bonchev–Trinajstić information content (AvgIpc) is 2.30. The second-order valence-corrected chi connectivity index (χ2v) is 3.76. The Morgan fingerprint density at radius 1 is 1.25 bits per heavy atom. The lowest BCUT2D eigenvalue weighted by atomic mass is 10.3. The minimum Gasteiger partial charge on any atom is -0.413 e. The third-order valence-corrected chi connectivity index (χ3v) is 2.74.